The highest BCUT2D eigenvalue weighted by molar-refractivity contribution is 5.76. The fourth-order valence-corrected chi connectivity index (χ4v) is 4.46. The molecule has 0 aromatic rings. The van der Waals surface area contributed by atoms with Crippen LogP contribution in [-0.4, -0.2) is 96.3 Å². The second-order valence-electron chi connectivity index (χ2n) is 8.99. The molecule has 5 atom stereocenters. The number of carbonyl (C=O) groups is 2. The second kappa shape index (κ2) is 20.0. The van der Waals surface area contributed by atoms with Crippen molar-refractivity contribution in [1.82, 2.24) is 10.6 Å². The molecule has 37 heavy (non-hydrogen) atoms. The maximum Gasteiger partial charge on any atom is 0.294 e. The van der Waals surface area contributed by atoms with Crippen molar-refractivity contribution in [2.75, 3.05) is 60.0 Å². The zero-order valence-electron chi connectivity index (χ0n) is 22.9. The lowest BCUT2D eigenvalue weighted by molar-refractivity contribution is -0.135. The van der Waals surface area contributed by atoms with Crippen LogP contribution in [0.1, 0.15) is 46.5 Å². The smallest absolute Gasteiger partial charge is 0.294 e. The van der Waals surface area contributed by atoms with Gasteiger partial charge < -0.3 is 33.7 Å². The standard InChI is InChI=1S/C27H46N2O8/c1-6-9-22-20-24(37-21-30)29-25(22)26(27(4,32-5)11-7-2)28-23(31)10-13-34-15-17-36-19-18-35-16-14-33-12-8-3/h3,6,9,21-22,24-26,29H,7,10-20H2,1-2,4-5H3,(H,28,31)/b9-6-/t22-,24+,25-,26-,27+/m1/s1. The number of rotatable bonds is 22. The van der Waals surface area contributed by atoms with E-state index in [0.717, 1.165) is 12.8 Å². The molecule has 1 aliphatic heterocycles. The number of allylic oxidation sites excluding steroid dienone is 1. The van der Waals surface area contributed by atoms with Crippen molar-refractivity contribution in [3.63, 3.8) is 0 Å². The Hall–Kier alpha value is -2.00. The van der Waals surface area contributed by atoms with E-state index in [2.05, 4.69) is 29.6 Å². The third-order valence-corrected chi connectivity index (χ3v) is 6.31. The third-order valence-electron chi connectivity index (χ3n) is 6.31. The van der Waals surface area contributed by atoms with E-state index in [1.807, 2.05) is 19.9 Å². The molecule has 0 saturated carbocycles. The van der Waals surface area contributed by atoms with Crippen LogP contribution in [0.2, 0.25) is 0 Å². The molecule has 0 aliphatic carbocycles. The summed E-state index contributed by atoms with van der Waals surface area (Å²) in [5, 5.41) is 6.55. The first-order valence-electron chi connectivity index (χ1n) is 13.0. The van der Waals surface area contributed by atoms with Crippen molar-refractivity contribution < 1.29 is 38.0 Å². The molecule has 1 fully saturated rings. The summed E-state index contributed by atoms with van der Waals surface area (Å²) >= 11 is 0. The van der Waals surface area contributed by atoms with E-state index < -0.39 is 11.8 Å². The molecular weight excluding hydrogens is 480 g/mol. The normalized spacial score (nSPS) is 21.9. The van der Waals surface area contributed by atoms with Crippen LogP contribution < -0.4 is 10.6 Å². The first-order valence-corrected chi connectivity index (χ1v) is 13.0. The van der Waals surface area contributed by atoms with Gasteiger partial charge in [-0.3, -0.25) is 14.9 Å². The van der Waals surface area contributed by atoms with E-state index in [9.17, 15) is 9.59 Å². The number of amides is 1. The molecule has 10 heteroatoms. The van der Waals surface area contributed by atoms with Gasteiger partial charge in [-0.2, -0.15) is 0 Å². The Kier molecular flexibility index (Phi) is 17.9. The van der Waals surface area contributed by atoms with Crippen LogP contribution in [-0.2, 0) is 38.0 Å². The Morgan fingerprint density at radius 2 is 1.76 bits per heavy atom. The molecule has 0 radical (unpaired) electrons. The number of terminal acetylenes is 1. The number of nitrogens with one attached hydrogen (secondary N) is 2. The molecule has 1 aliphatic rings. The number of carbonyl (C=O) groups excluding carboxylic acids is 2. The lowest BCUT2D eigenvalue weighted by atomic mass is 9.81. The van der Waals surface area contributed by atoms with Gasteiger partial charge in [-0.05, 0) is 26.2 Å². The lowest BCUT2D eigenvalue weighted by Crippen LogP contribution is -2.62. The summed E-state index contributed by atoms with van der Waals surface area (Å²) in [6, 6.07) is -0.506. The number of methoxy groups -OCH3 is 1. The summed E-state index contributed by atoms with van der Waals surface area (Å²) in [5.74, 6) is 2.33. The Balaban J connectivity index is 2.48. The van der Waals surface area contributed by atoms with Gasteiger partial charge in [0.2, 0.25) is 5.91 Å². The Morgan fingerprint density at radius 3 is 2.30 bits per heavy atom. The molecule has 0 aromatic heterocycles. The van der Waals surface area contributed by atoms with Crippen LogP contribution in [0.15, 0.2) is 12.2 Å². The first kappa shape index (κ1) is 33.0. The minimum Gasteiger partial charge on any atom is -0.449 e. The van der Waals surface area contributed by atoms with E-state index in [0.29, 0.717) is 52.5 Å². The third kappa shape index (κ3) is 12.9. The van der Waals surface area contributed by atoms with Gasteiger partial charge >= 0.3 is 0 Å². The van der Waals surface area contributed by atoms with Gasteiger partial charge in [-0.1, -0.05) is 31.4 Å². The van der Waals surface area contributed by atoms with Crippen LogP contribution >= 0.6 is 0 Å². The Morgan fingerprint density at radius 1 is 1.14 bits per heavy atom. The molecular formula is C27H46N2O8. The van der Waals surface area contributed by atoms with E-state index in [4.69, 9.17) is 34.8 Å². The molecule has 10 nitrogen and oxygen atoms in total. The van der Waals surface area contributed by atoms with Gasteiger partial charge in [0.25, 0.3) is 6.47 Å². The number of hydrogen-bond acceptors (Lipinski definition) is 9. The van der Waals surface area contributed by atoms with Gasteiger partial charge in [0.15, 0.2) is 6.23 Å². The summed E-state index contributed by atoms with van der Waals surface area (Å²) in [7, 11) is 1.66. The molecule has 0 spiro atoms. The summed E-state index contributed by atoms with van der Waals surface area (Å²) in [6.07, 6.45) is 11.2. The van der Waals surface area contributed by atoms with Crippen molar-refractivity contribution in [2.45, 2.75) is 70.4 Å². The topological polar surface area (TPSA) is 114 Å². The second-order valence-corrected chi connectivity index (χ2v) is 8.99. The average molecular weight is 527 g/mol. The summed E-state index contributed by atoms with van der Waals surface area (Å²) in [6.45, 7) is 9.67. The first-order chi connectivity index (χ1) is 17.9. The summed E-state index contributed by atoms with van der Waals surface area (Å²) in [5.41, 5.74) is -0.609. The van der Waals surface area contributed by atoms with E-state index >= 15 is 0 Å². The quantitative estimate of drug-likeness (QED) is 0.0944. The van der Waals surface area contributed by atoms with Crippen LogP contribution in [0, 0.1) is 18.3 Å². The maximum absolute atomic E-state index is 12.9. The summed E-state index contributed by atoms with van der Waals surface area (Å²) < 4.78 is 32.6. The molecule has 0 aromatic carbocycles. The van der Waals surface area contributed by atoms with Gasteiger partial charge in [-0.25, -0.2) is 0 Å². The van der Waals surface area contributed by atoms with E-state index in [-0.39, 0.29) is 43.5 Å². The van der Waals surface area contributed by atoms with Crippen LogP contribution in [0.25, 0.3) is 0 Å². The van der Waals surface area contributed by atoms with Crippen molar-refractivity contribution in [1.29, 1.82) is 0 Å². The highest BCUT2D eigenvalue weighted by Crippen LogP contribution is 2.32. The van der Waals surface area contributed by atoms with Crippen molar-refractivity contribution >= 4 is 12.4 Å². The zero-order valence-corrected chi connectivity index (χ0v) is 22.9. The minimum absolute atomic E-state index is 0.0689. The molecule has 1 heterocycles. The van der Waals surface area contributed by atoms with Gasteiger partial charge in [0, 0.05) is 26.0 Å². The predicted octanol–water partition coefficient (Wildman–Crippen LogP) is 1.82. The molecule has 0 unspecified atom stereocenters. The summed E-state index contributed by atoms with van der Waals surface area (Å²) in [4.78, 5) is 23.8. The van der Waals surface area contributed by atoms with Crippen LogP contribution in [0.3, 0.4) is 0 Å². The highest BCUT2D eigenvalue weighted by Gasteiger charge is 2.46. The monoisotopic (exact) mass is 526 g/mol. The number of ether oxygens (including phenoxy) is 6. The number of hydrogen-bond donors (Lipinski definition) is 2. The minimum atomic E-state index is -0.609. The average Bonchev–Trinajstić information content (AvgIpc) is 3.27. The molecule has 0 bridgehead atoms. The fourth-order valence-electron chi connectivity index (χ4n) is 4.46. The molecule has 2 N–H and O–H groups in total. The van der Waals surface area contributed by atoms with Crippen LogP contribution in [0.5, 0.6) is 0 Å². The Bertz CT molecular complexity index is 698. The van der Waals surface area contributed by atoms with Crippen molar-refractivity contribution in [3.05, 3.63) is 12.2 Å². The van der Waals surface area contributed by atoms with E-state index in [1.165, 1.54) is 0 Å². The largest absolute Gasteiger partial charge is 0.449 e. The SMILES string of the molecule is C#CCOCCOCCOCCOCCC(=O)N[C@H]([C@@H]1N[C@@H](OC=O)C[C@H]1/C=C\C)[C@](C)(CCC)OC. The molecule has 1 rings (SSSR count). The van der Waals surface area contributed by atoms with Gasteiger partial charge in [-0.15, -0.1) is 6.42 Å². The van der Waals surface area contributed by atoms with Crippen molar-refractivity contribution in [3.8, 4) is 12.3 Å². The molecule has 1 amide bonds. The fraction of sp³-hybridized carbons (Fsp3) is 0.778. The van der Waals surface area contributed by atoms with Gasteiger partial charge in [0.05, 0.1) is 57.9 Å². The Labute approximate surface area is 222 Å². The molecule has 212 valence electrons. The lowest BCUT2D eigenvalue weighted by Gasteiger charge is -2.42. The maximum atomic E-state index is 12.9. The van der Waals surface area contributed by atoms with Crippen LogP contribution in [0.4, 0.5) is 0 Å². The van der Waals surface area contributed by atoms with Crippen molar-refractivity contribution in [2.24, 2.45) is 5.92 Å². The zero-order chi connectivity index (χ0) is 27.4. The highest BCUT2D eigenvalue weighted by atomic mass is 16.6. The van der Waals surface area contributed by atoms with E-state index in [1.54, 1.807) is 7.11 Å². The van der Waals surface area contributed by atoms with Gasteiger partial charge in [0.1, 0.15) is 6.61 Å². The predicted molar refractivity (Wildman–Crippen MR) is 140 cm³/mol. The molecule has 1 saturated heterocycles.